The summed E-state index contributed by atoms with van der Waals surface area (Å²) in [5.74, 6) is 0. The van der Waals surface area contributed by atoms with Gasteiger partial charge in [-0.2, -0.15) is 0 Å². The Morgan fingerprint density at radius 3 is 2.68 bits per heavy atom. The fourth-order valence-corrected chi connectivity index (χ4v) is 3.37. The van der Waals surface area contributed by atoms with Gasteiger partial charge >= 0.3 is 0 Å². The molecule has 2 atom stereocenters. The molecular formula is C18H29N. The van der Waals surface area contributed by atoms with Gasteiger partial charge in [-0.3, -0.25) is 0 Å². The number of rotatable bonds is 4. The molecule has 1 heteroatoms. The van der Waals surface area contributed by atoms with E-state index in [2.05, 4.69) is 57.3 Å². The lowest BCUT2D eigenvalue weighted by molar-refractivity contribution is 0.157. The van der Waals surface area contributed by atoms with E-state index in [4.69, 9.17) is 0 Å². The minimum absolute atomic E-state index is 0.457. The van der Waals surface area contributed by atoms with E-state index < -0.39 is 0 Å². The average molecular weight is 259 g/mol. The van der Waals surface area contributed by atoms with Crippen molar-refractivity contribution in [2.24, 2.45) is 5.41 Å². The van der Waals surface area contributed by atoms with Crippen LogP contribution in [0, 0.1) is 12.3 Å². The SMILES string of the molecule is Cc1ccccc1CC(C)NC1CCCCC1(C)C. The van der Waals surface area contributed by atoms with Gasteiger partial charge in [0.15, 0.2) is 0 Å². The molecule has 0 amide bonds. The summed E-state index contributed by atoms with van der Waals surface area (Å²) < 4.78 is 0. The smallest absolute Gasteiger partial charge is 0.0121 e. The van der Waals surface area contributed by atoms with Crippen molar-refractivity contribution in [1.29, 1.82) is 0 Å². The van der Waals surface area contributed by atoms with Crippen molar-refractivity contribution >= 4 is 0 Å². The Bertz CT molecular complexity index is 408. The fourth-order valence-electron chi connectivity index (χ4n) is 3.37. The monoisotopic (exact) mass is 259 g/mol. The van der Waals surface area contributed by atoms with Crippen molar-refractivity contribution in [3.63, 3.8) is 0 Å². The molecule has 2 unspecified atom stereocenters. The van der Waals surface area contributed by atoms with Gasteiger partial charge in [0.1, 0.15) is 0 Å². The molecule has 0 spiro atoms. The van der Waals surface area contributed by atoms with Crippen molar-refractivity contribution in [3.8, 4) is 0 Å². The predicted octanol–water partition coefficient (Wildman–Crippen LogP) is 4.48. The first kappa shape index (κ1) is 14.6. The second-order valence-electron chi connectivity index (χ2n) is 6.99. The zero-order valence-electron chi connectivity index (χ0n) is 13.0. The summed E-state index contributed by atoms with van der Waals surface area (Å²) >= 11 is 0. The highest BCUT2D eigenvalue weighted by molar-refractivity contribution is 5.26. The molecule has 106 valence electrons. The molecule has 1 saturated carbocycles. The molecule has 0 aliphatic heterocycles. The van der Waals surface area contributed by atoms with Crippen molar-refractivity contribution < 1.29 is 0 Å². The molecule has 1 aliphatic carbocycles. The minimum Gasteiger partial charge on any atom is -0.311 e. The number of aryl methyl sites for hydroxylation is 1. The lowest BCUT2D eigenvalue weighted by Gasteiger charge is -2.41. The number of hydrogen-bond acceptors (Lipinski definition) is 1. The number of benzene rings is 1. The molecule has 1 aromatic carbocycles. The van der Waals surface area contributed by atoms with E-state index in [-0.39, 0.29) is 0 Å². The first-order chi connectivity index (χ1) is 8.99. The normalized spacial score (nSPS) is 24.1. The third-order valence-electron chi connectivity index (χ3n) is 4.78. The summed E-state index contributed by atoms with van der Waals surface area (Å²) in [5, 5.41) is 3.88. The van der Waals surface area contributed by atoms with Gasteiger partial charge in [0.2, 0.25) is 0 Å². The zero-order valence-corrected chi connectivity index (χ0v) is 13.0. The van der Waals surface area contributed by atoms with Gasteiger partial charge in [-0.05, 0) is 49.7 Å². The second kappa shape index (κ2) is 6.09. The van der Waals surface area contributed by atoms with Gasteiger partial charge < -0.3 is 5.32 Å². The Kier molecular flexibility index (Phi) is 4.67. The van der Waals surface area contributed by atoms with Crippen molar-refractivity contribution in [2.45, 2.75) is 71.9 Å². The molecule has 2 rings (SSSR count). The highest BCUT2D eigenvalue weighted by Gasteiger charge is 2.32. The van der Waals surface area contributed by atoms with Crippen molar-refractivity contribution in [3.05, 3.63) is 35.4 Å². The van der Waals surface area contributed by atoms with Crippen LogP contribution in [0.25, 0.3) is 0 Å². The molecule has 19 heavy (non-hydrogen) atoms. The van der Waals surface area contributed by atoms with Gasteiger partial charge in [-0.1, -0.05) is 51.0 Å². The third-order valence-corrected chi connectivity index (χ3v) is 4.78. The molecule has 1 aliphatic rings. The van der Waals surface area contributed by atoms with Gasteiger partial charge in [-0.25, -0.2) is 0 Å². The summed E-state index contributed by atoms with van der Waals surface area (Å²) in [5.41, 5.74) is 3.35. The van der Waals surface area contributed by atoms with Crippen molar-refractivity contribution in [2.75, 3.05) is 0 Å². The average Bonchev–Trinajstić information content (AvgIpc) is 2.35. The van der Waals surface area contributed by atoms with Crippen LogP contribution < -0.4 is 5.32 Å². The van der Waals surface area contributed by atoms with E-state index in [1.165, 1.54) is 36.8 Å². The molecule has 1 nitrogen and oxygen atoms in total. The van der Waals surface area contributed by atoms with Crippen LogP contribution in [0.4, 0.5) is 0 Å². The maximum atomic E-state index is 3.88. The highest BCUT2D eigenvalue weighted by Crippen LogP contribution is 2.35. The summed E-state index contributed by atoms with van der Waals surface area (Å²) in [4.78, 5) is 0. The van der Waals surface area contributed by atoms with Gasteiger partial charge in [-0.15, -0.1) is 0 Å². The fraction of sp³-hybridized carbons (Fsp3) is 0.667. The summed E-state index contributed by atoms with van der Waals surface area (Å²) in [7, 11) is 0. The zero-order chi connectivity index (χ0) is 13.9. The Balaban J connectivity index is 1.94. The first-order valence-electron chi connectivity index (χ1n) is 7.79. The maximum Gasteiger partial charge on any atom is 0.0121 e. The second-order valence-corrected chi connectivity index (χ2v) is 6.99. The van der Waals surface area contributed by atoms with E-state index >= 15 is 0 Å². The predicted molar refractivity (Wildman–Crippen MR) is 83.5 cm³/mol. The van der Waals surface area contributed by atoms with Crippen LogP contribution in [0.5, 0.6) is 0 Å². The number of nitrogens with one attached hydrogen (secondary N) is 1. The van der Waals surface area contributed by atoms with E-state index in [1.54, 1.807) is 0 Å². The summed E-state index contributed by atoms with van der Waals surface area (Å²) in [6, 6.07) is 10.00. The van der Waals surface area contributed by atoms with Gasteiger partial charge in [0.05, 0.1) is 0 Å². The standard InChI is InChI=1S/C18H29N/c1-14-9-5-6-10-16(14)13-15(2)19-17-11-7-8-12-18(17,3)4/h5-6,9-10,15,17,19H,7-8,11-13H2,1-4H3. The van der Waals surface area contributed by atoms with Crippen molar-refractivity contribution in [1.82, 2.24) is 5.32 Å². The maximum absolute atomic E-state index is 3.88. The van der Waals surface area contributed by atoms with Gasteiger partial charge in [0, 0.05) is 12.1 Å². The molecule has 0 saturated heterocycles. The molecule has 1 fully saturated rings. The van der Waals surface area contributed by atoms with Gasteiger partial charge in [0.25, 0.3) is 0 Å². The molecule has 1 N–H and O–H groups in total. The minimum atomic E-state index is 0.457. The lowest BCUT2D eigenvalue weighted by atomic mass is 9.73. The third kappa shape index (κ3) is 3.82. The molecule has 1 aromatic rings. The quantitative estimate of drug-likeness (QED) is 0.840. The van der Waals surface area contributed by atoms with Crippen LogP contribution in [-0.4, -0.2) is 12.1 Å². The molecule has 0 radical (unpaired) electrons. The number of hydrogen-bond donors (Lipinski definition) is 1. The summed E-state index contributed by atoms with van der Waals surface area (Å²) in [6.07, 6.45) is 6.63. The van der Waals surface area contributed by atoms with Crippen LogP contribution in [0.3, 0.4) is 0 Å². The van der Waals surface area contributed by atoms with E-state index in [9.17, 15) is 0 Å². The Morgan fingerprint density at radius 2 is 2.00 bits per heavy atom. The molecular weight excluding hydrogens is 230 g/mol. The Morgan fingerprint density at radius 1 is 1.26 bits per heavy atom. The van der Waals surface area contributed by atoms with Crippen LogP contribution in [0.1, 0.15) is 57.6 Å². The van der Waals surface area contributed by atoms with Crippen LogP contribution in [0.2, 0.25) is 0 Å². The summed E-state index contributed by atoms with van der Waals surface area (Å²) in [6.45, 7) is 9.39. The van der Waals surface area contributed by atoms with Crippen LogP contribution in [0.15, 0.2) is 24.3 Å². The lowest BCUT2D eigenvalue weighted by Crippen LogP contribution is -2.48. The first-order valence-corrected chi connectivity index (χ1v) is 7.79. The largest absolute Gasteiger partial charge is 0.311 e. The Labute approximate surface area is 118 Å². The van der Waals surface area contributed by atoms with Crippen LogP contribution in [-0.2, 0) is 6.42 Å². The van der Waals surface area contributed by atoms with Crippen LogP contribution >= 0.6 is 0 Å². The van der Waals surface area contributed by atoms with E-state index in [0.29, 0.717) is 17.5 Å². The topological polar surface area (TPSA) is 12.0 Å². The Hall–Kier alpha value is -0.820. The molecule has 0 aromatic heterocycles. The van der Waals surface area contributed by atoms with E-state index in [0.717, 1.165) is 6.42 Å². The molecule has 0 bridgehead atoms. The van der Waals surface area contributed by atoms with E-state index in [1.807, 2.05) is 0 Å². The highest BCUT2D eigenvalue weighted by atomic mass is 15.0. The molecule has 0 heterocycles.